The molecule has 1 saturated carbocycles. The van der Waals surface area contributed by atoms with Crippen molar-refractivity contribution in [3.8, 4) is 0 Å². The van der Waals surface area contributed by atoms with Crippen molar-refractivity contribution in [1.82, 2.24) is 10.2 Å². The fraction of sp³-hybridized carbons (Fsp3) is 0.600. The van der Waals surface area contributed by atoms with Crippen LogP contribution in [0.15, 0.2) is 33.7 Å². The molecule has 8 heteroatoms. The van der Waals surface area contributed by atoms with Crippen LogP contribution in [0.2, 0.25) is 0 Å². The second kappa shape index (κ2) is 10.7. The second-order valence-corrected chi connectivity index (χ2v) is 8.36. The number of benzene rings is 1. The summed E-state index contributed by atoms with van der Waals surface area (Å²) in [4.78, 5) is 18.2. The molecule has 0 unspecified atom stereocenters. The number of ether oxygens (including phenoxy) is 1. The average Bonchev–Trinajstić information content (AvgIpc) is 2.63. The smallest absolute Gasteiger partial charge is 0.409 e. The molecule has 0 atom stereocenters. The van der Waals surface area contributed by atoms with Gasteiger partial charge >= 0.3 is 6.09 Å². The molecule has 2 fully saturated rings. The molecular weight excluding hydrogens is 535 g/mol. The summed E-state index contributed by atoms with van der Waals surface area (Å²) in [5.41, 5.74) is 7.63. The highest BCUT2D eigenvalue weighted by Crippen LogP contribution is 2.44. The monoisotopic (exact) mass is 564 g/mol. The Hall–Kier alpha value is -1.03. The highest BCUT2D eigenvalue weighted by atomic mass is 127. The molecule has 1 heterocycles. The van der Waals surface area contributed by atoms with E-state index < -0.39 is 0 Å². The third-order valence-electron chi connectivity index (χ3n) is 5.69. The van der Waals surface area contributed by atoms with Gasteiger partial charge in [0, 0.05) is 29.0 Å². The van der Waals surface area contributed by atoms with Gasteiger partial charge in [0.1, 0.15) is 0 Å². The fourth-order valence-corrected chi connectivity index (χ4v) is 4.12. The van der Waals surface area contributed by atoms with E-state index in [-0.39, 0.29) is 41.5 Å². The van der Waals surface area contributed by atoms with E-state index in [1.165, 1.54) is 12.0 Å². The predicted octanol–water partition coefficient (Wildman–Crippen LogP) is 4.01. The van der Waals surface area contributed by atoms with Crippen LogP contribution in [0.25, 0.3) is 0 Å². The summed E-state index contributed by atoms with van der Waals surface area (Å²) in [5, 5.41) is 3.33. The first-order valence-corrected chi connectivity index (χ1v) is 10.6. The molecule has 1 amide bonds. The first-order valence-electron chi connectivity index (χ1n) is 9.76. The summed E-state index contributed by atoms with van der Waals surface area (Å²) in [5.74, 6) is 0.507. The minimum Gasteiger partial charge on any atom is -0.450 e. The number of hydrogen-bond donors (Lipinski definition) is 2. The number of carbonyl (C=O) groups is 1. The Morgan fingerprint density at radius 2 is 1.96 bits per heavy atom. The maximum absolute atomic E-state index is 11.8. The molecule has 28 heavy (non-hydrogen) atoms. The lowest BCUT2D eigenvalue weighted by atomic mass is 9.64. The van der Waals surface area contributed by atoms with Gasteiger partial charge in [-0.25, -0.2) is 4.79 Å². The molecule has 0 aromatic heterocycles. The number of halogens is 2. The number of amides is 1. The Balaban J connectivity index is 0.00000280. The number of nitrogens with zero attached hydrogens (tertiary/aromatic N) is 2. The summed E-state index contributed by atoms with van der Waals surface area (Å²) in [7, 11) is 0. The molecule has 1 aromatic carbocycles. The van der Waals surface area contributed by atoms with Gasteiger partial charge in [-0.3, -0.25) is 4.99 Å². The Labute approximate surface area is 192 Å². The largest absolute Gasteiger partial charge is 0.450 e. The van der Waals surface area contributed by atoms with Gasteiger partial charge in [0.15, 0.2) is 5.96 Å². The first-order chi connectivity index (χ1) is 13.0. The van der Waals surface area contributed by atoms with Gasteiger partial charge in [-0.15, -0.1) is 24.0 Å². The lowest BCUT2D eigenvalue weighted by Crippen LogP contribution is -2.49. The fourth-order valence-electron chi connectivity index (χ4n) is 3.86. The normalized spacial score (nSPS) is 19.4. The highest BCUT2D eigenvalue weighted by molar-refractivity contribution is 14.0. The van der Waals surface area contributed by atoms with Crippen molar-refractivity contribution in [2.45, 2.75) is 50.5 Å². The van der Waals surface area contributed by atoms with E-state index in [1.54, 1.807) is 4.90 Å². The van der Waals surface area contributed by atoms with Crippen LogP contribution < -0.4 is 11.1 Å². The molecule has 1 aromatic rings. The number of guanidine groups is 1. The maximum atomic E-state index is 11.8. The molecule has 156 valence electrons. The maximum Gasteiger partial charge on any atom is 0.409 e. The van der Waals surface area contributed by atoms with Gasteiger partial charge in [-0.2, -0.15) is 0 Å². The summed E-state index contributed by atoms with van der Waals surface area (Å²) >= 11 is 3.50. The van der Waals surface area contributed by atoms with Crippen molar-refractivity contribution < 1.29 is 9.53 Å². The van der Waals surface area contributed by atoms with E-state index in [0.717, 1.165) is 36.7 Å². The van der Waals surface area contributed by atoms with Gasteiger partial charge < -0.3 is 20.7 Å². The van der Waals surface area contributed by atoms with Gasteiger partial charge in [0.25, 0.3) is 0 Å². The molecule has 1 aliphatic carbocycles. The summed E-state index contributed by atoms with van der Waals surface area (Å²) in [6, 6.07) is 8.82. The number of piperidine rings is 1. The molecule has 1 saturated heterocycles. The number of rotatable bonds is 5. The lowest BCUT2D eigenvalue weighted by Gasteiger charge is -2.41. The summed E-state index contributed by atoms with van der Waals surface area (Å²) in [6.07, 6.45) is 5.04. The quantitative estimate of drug-likeness (QED) is 0.322. The van der Waals surface area contributed by atoms with Crippen LogP contribution in [0.4, 0.5) is 4.79 Å². The van der Waals surface area contributed by atoms with Crippen molar-refractivity contribution in [3.05, 3.63) is 34.3 Å². The highest BCUT2D eigenvalue weighted by Gasteiger charge is 2.38. The second-order valence-electron chi connectivity index (χ2n) is 7.45. The molecule has 2 aliphatic rings. The number of aliphatic imine (C=N–C) groups is 1. The van der Waals surface area contributed by atoms with E-state index in [9.17, 15) is 4.79 Å². The molecular formula is C20H30BrIN4O2. The van der Waals surface area contributed by atoms with E-state index in [0.29, 0.717) is 25.7 Å². The van der Waals surface area contributed by atoms with Crippen LogP contribution in [-0.4, -0.2) is 49.2 Å². The van der Waals surface area contributed by atoms with Crippen LogP contribution in [0.3, 0.4) is 0 Å². The molecule has 3 N–H and O–H groups in total. The molecule has 1 aliphatic heterocycles. The van der Waals surface area contributed by atoms with Gasteiger partial charge in [-0.1, -0.05) is 34.5 Å². The molecule has 6 nitrogen and oxygen atoms in total. The summed E-state index contributed by atoms with van der Waals surface area (Å²) < 4.78 is 6.15. The van der Waals surface area contributed by atoms with Crippen LogP contribution in [0.5, 0.6) is 0 Å². The number of likely N-dealkylation sites (tertiary alicyclic amines) is 1. The zero-order valence-electron chi connectivity index (χ0n) is 16.3. The lowest BCUT2D eigenvalue weighted by molar-refractivity contribution is 0.0963. The van der Waals surface area contributed by atoms with Crippen molar-refractivity contribution in [1.29, 1.82) is 0 Å². The molecule has 0 radical (unpaired) electrons. The van der Waals surface area contributed by atoms with Gasteiger partial charge in [0.2, 0.25) is 0 Å². The SMILES string of the molecule is CCOC(=O)N1CCC(NC(N)=NCC2(c3ccc(Br)cc3)CCC2)CC1.I. The van der Waals surface area contributed by atoms with Crippen molar-refractivity contribution >= 4 is 52.0 Å². The molecule has 0 bridgehead atoms. The zero-order valence-corrected chi connectivity index (χ0v) is 20.2. The van der Waals surface area contributed by atoms with Crippen LogP contribution >= 0.6 is 39.9 Å². The van der Waals surface area contributed by atoms with E-state index in [1.807, 2.05) is 6.92 Å². The van der Waals surface area contributed by atoms with Gasteiger partial charge in [-0.05, 0) is 50.3 Å². The number of nitrogens with two attached hydrogens (primary N) is 1. The van der Waals surface area contributed by atoms with Crippen molar-refractivity contribution in [2.75, 3.05) is 26.2 Å². The van der Waals surface area contributed by atoms with Crippen LogP contribution in [0.1, 0.15) is 44.6 Å². The van der Waals surface area contributed by atoms with Gasteiger partial charge in [0.05, 0.1) is 13.2 Å². The average molecular weight is 565 g/mol. The number of carbonyl (C=O) groups excluding carboxylic acids is 1. The minimum atomic E-state index is -0.223. The molecule has 0 spiro atoms. The summed E-state index contributed by atoms with van der Waals surface area (Å²) in [6.45, 7) is 4.33. The standard InChI is InChI=1S/C20H29BrN4O2.HI/c1-2-27-19(26)25-12-8-17(9-13-25)24-18(22)23-14-20(10-3-11-20)15-4-6-16(21)7-5-15;/h4-7,17H,2-3,8-14H2,1H3,(H3,22,23,24);1H. The van der Waals surface area contributed by atoms with E-state index in [4.69, 9.17) is 10.5 Å². The Bertz CT molecular complexity index is 671. The Morgan fingerprint density at radius 1 is 1.32 bits per heavy atom. The number of nitrogens with one attached hydrogen (secondary N) is 1. The van der Waals surface area contributed by atoms with Crippen molar-refractivity contribution in [2.24, 2.45) is 10.7 Å². The van der Waals surface area contributed by atoms with Crippen molar-refractivity contribution in [3.63, 3.8) is 0 Å². The van der Waals surface area contributed by atoms with E-state index >= 15 is 0 Å². The molecule has 3 rings (SSSR count). The number of hydrogen-bond acceptors (Lipinski definition) is 3. The Kier molecular flexibility index (Phi) is 8.85. The topological polar surface area (TPSA) is 80.0 Å². The third kappa shape index (κ3) is 5.75. The van der Waals surface area contributed by atoms with Crippen LogP contribution in [0, 0.1) is 0 Å². The zero-order chi connectivity index (χ0) is 19.3. The van der Waals surface area contributed by atoms with Crippen LogP contribution in [-0.2, 0) is 10.2 Å². The first kappa shape index (κ1) is 23.3. The Morgan fingerprint density at radius 3 is 2.50 bits per heavy atom. The predicted molar refractivity (Wildman–Crippen MR) is 126 cm³/mol. The minimum absolute atomic E-state index is 0. The third-order valence-corrected chi connectivity index (χ3v) is 6.22. The van der Waals surface area contributed by atoms with E-state index in [2.05, 4.69) is 50.5 Å².